The van der Waals surface area contributed by atoms with Crippen molar-refractivity contribution in [2.45, 2.75) is 44.9 Å². The van der Waals surface area contributed by atoms with E-state index in [2.05, 4.69) is 16.9 Å². The Kier molecular flexibility index (Phi) is 7.93. The largest absolute Gasteiger partial charge is 0.593 e. The molecule has 1 aromatic heterocycles. The van der Waals surface area contributed by atoms with E-state index in [0.717, 1.165) is 43.9 Å². The lowest BCUT2D eigenvalue weighted by Gasteiger charge is -2.32. The van der Waals surface area contributed by atoms with Gasteiger partial charge in [-0.25, -0.2) is 4.98 Å². The second-order valence-electron chi connectivity index (χ2n) is 7.53. The van der Waals surface area contributed by atoms with Crippen LogP contribution >= 0.6 is 0 Å². The van der Waals surface area contributed by atoms with E-state index < -0.39 is 11.4 Å². The SMILES string of the molecule is CCCOc1ccc([S+]([O-])N2CCN(C)CC2)cc1-c1nc(CC)c(CC)c(=O)[nH]1. The average Bonchev–Trinajstić information content (AvgIpc) is 2.77. The minimum Gasteiger partial charge on any atom is -0.593 e. The van der Waals surface area contributed by atoms with Crippen LogP contribution in [0.1, 0.15) is 38.4 Å². The van der Waals surface area contributed by atoms with Crippen LogP contribution in [0.2, 0.25) is 0 Å². The van der Waals surface area contributed by atoms with Gasteiger partial charge in [-0.2, -0.15) is 0 Å². The Labute approximate surface area is 181 Å². The van der Waals surface area contributed by atoms with Gasteiger partial charge in [-0.15, -0.1) is 4.31 Å². The first-order valence-corrected chi connectivity index (χ1v) is 11.8. The predicted octanol–water partition coefficient (Wildman–Crippen LogP) is 2.62. The molecule has 0 amide bonds. The highest BCUT2D eigenvalue weighted by Gasteiger charge is 2.27. The van der Waals surface area contributed by atoms with Crippen LogP contribution in [0.5, 0.6) is 5.75 Å². The first-order valence-electron chi connectivity index (χ1n) is 10.7. The molecule has 1 fully saturated rings. The maximum Gasteiger partial charge on any atom is 0.254 e. The summed E-state index contributed by atoms with van der Waals surface area (Å²) in [6.45, 7) is 9.86. The fourth-order valence-electron chi connectivity index (χ4n) is 3.57. The number of hydrogen-bond donors (Lipinski definition) is 1. The summed E-state index contributed by atoms with van der Waals surface area (Å²) in [6, 6.07) is 5.54. The van der Waals surface area contributed by atoms with Crippen molar-refractivity contribution >= 4 is 11.4 Å². The van der Waals surface area contributed by atoms with E-state index in [9.17, 15) is 9.35 Å². The van der Waals surface area contributed by atoms with Gasteiger partial charge in [0, 0.05) is 24.7 Å². The molecule has 0 radical (unpaired) electrons. The highest BCUT2D eigenvalue weighted by atomic mass is 32.2. The summed E-state index contributed by atoms with van der Waals surface area (Å²) in [4.78, 5) is 23.2. The van der Waals surface area contributed by atoms with Crippen molar-refractivity contribution in [1.82, 2.24) is 19.2 Å². The van der Waals surface area contributed by atoms with E-state index in [1.165, 1.54) is 0 Å². The third kappa shape index (κ3) is 5.06. The molecule has 1 aliphatic rings. The summed E-state index contributed by atoms with van der Waals surface area (Å²) >= 11 is -1.27. The van der Waals surface area contributed by atoms with E-state index in [4.69, 9.17) is 9.72 Å². The van der Waals surface area contributed by atoms with Crippen molar-refractivity contribution in [1.29, 1.82) is 0 Å². The number of aromatic amines is 1. The van der Waals surface area contributed by atoms with E-state index in [0.29, 0.717) is 41.5 Å². The van der Waals surface area contributed by atoms with Crippen LogP contribution in [0.15, 0.2) is 27.9 Å². The number of likely N-dealkylation sites (N-methyl/N-ethyl adjacent to an activating group) is 1. The van der Waals surface area contributed by atoms with E-state index in [1.54, 1.807) is 0 Å². The van der Waals surface area contributed by atoms with Gasteiger partial charge >= 0.3 is 0 Å². The van der Waals surface area contributed by atoms with Gasteiger partial charge in [0.25, 0.3) is 5.56 Å². The molecule has 8 heteroatoms. The number of benzene rings is 1. The van der Waals surface area contributed by atoms with Crippen molar-refractivity contribution < 1.29 is 9.29 Å². The van der Waals surface area contributed by atoms with Crippen LogP contribution in [0.25, 0.3) is 11.4 Å². The summed E-state index contributed by atoms with van der Waals surface area (Å²) in [6.07, 6.45) is 2.18. The van der Waals surface area contributed by atoms with E-state index in [-0.39, 0.29) is 5.56 Å². The molecule has 2 heterocycles. The lowest BCUT2D eigenvalue weighted by molar-refractivity contribution is 0.222. The number of rotatable bonds is 8. The van der Waals surface area contributed by atoms with Gasteiger partial charge in [0.05, 0.1) is 42.3 Å². The molecule has 2 aromatic rings. The van der Waals surface area contributed by atoms with Crippen molar-refractivity contribution in [3.63, 3.8) is 0 Å². The summed E-state index contributed by atoms with van der Waals surface area (Å²) in [5.41, 5.74) is 2.07. The van der Waals surface area contributed by atoms with Gasteiger partial charge < -0.3 is 19.2 Å². The molecule has 1 saturated heterocycles. The number of aromatic nitrogens is 2. The summed E-state index contributed by atoms with van der Waals surface area (Å²) in [7, 11) is 2.07. The predicted molar refractivity (Wildman–Crippen MR) is 120 cm³/mol. The molecule has 3 rings (SSSR count). The number of nitrogens with one attached hydrogen (secondary N) is 1. The van der Waals surface area contributed by atoms with Crippen molar-refractivity contribution in [3.05, 3.63) is 39.8 Å². The van der Waals surface area contributed by atoms with Gasteiger partial charge in [-0.05, 0) is 38.4 Å². The smallest absolute Gasteiger partial charge is 0.254 e. The monoisotopic (exact) mass is 432 g/mol. The van der Waals surface area contributed by atoms with Gasteiger partial charge in [-0.1, -0.05) is 20.8 Å². The molecule has 1 unspecified atom stereocenters. The molecular weight excluding hydrogens is 400 g/mol. The second kappa shape index (κ2) is 10.4. The maximum atomic E-state index is 13.2. The lowest BCUT2D eigenvalue weighted by atomic mass is 10.1. The average molecular weight is 433 g/mol. The molecule has 1 aliphatic heterocycles. The Balaban J connectivity index is 2.02. The Morgan fingerprint density at radius 1 is 1.17 bits per heavy atom. The first-order chi connectivity index (χ1) is 14.5. The third-order valence-electron chi connectivity index (χ3n) is 5.36. The molecule has 164 valence electrons. The molecule has 0 spiro atoms. The van der Waals surface area contributed by atoms with Crippen LogP contribution in [0.4, 0.5) is 0 Å². The standard InChI is InChI=1S/C22H32N4O3S/c1-5-14-29-20-9-8-16(30(28)26-12-10-25(4)11-13-26)15-18(20)21-23-19(7-3)17(6-2)22(27)24-21/h8-9,15H,5-7,10-14H2,1-4H3,(H,23,24,27). The maximum absolute atomic E-state index is 13.2. The van der Waals surface area contributed by atoms with E-state index >= 15 is 0 Å². The number of ether oxygens (including phenoxy) is 1. The Morgan fingerprint density at radius 2 is 1.90 bits per heavy atom. The number of hydrogen-bond acceptors (Lipinski definition) is 6. The molecule has 0 aliphatic carbocycles. The Bertz CT molecular complexity index is 910. The summed E-state index contributed by atoms with van der Waals surface area (Å²) in [5.74, 6) is 1.11. The zero-order valence-electron chi connectivity index (χ0n) is 18.4. The number of piperazine rings is 1. The van der Waals surface area contributed by atoms with Crippen LogP contribution in [0.3, 0.4) is 0 Å². The van der Waals surface area contributed by atoms with Gasteiger partial charge in [-0.3, -0.25) is 4.79 Å². The number of H-pyrrole nitrogens is 1. The van der Waals surface area contributed by atoms with Crippen molar-refractivity contribution in [2.75, 3.05) is 39.8 Å². The molecule has 7 nitrogen and oxygen atoms in total. The van der Waals surface area contributed by atoms with E-state index in [1.807, 2.05) is 43.3 Å². The number of nitrogens with zero attached hydrogens (tertiary/aromatic N) is 3. The molecule has 0 bridgehead atoms. The van der Waals surface area contributed by atoms with Crippen molar-refractivity contribution in [2.24, 2.45) is 0 Å². The first kappa shape index (κ1) is 22.8. The van der Waals surface area contributed by atoms with Gasteiger partial charge in [0.2, 0.25) is 0 Å². The summed E-state index contributed by atoms with van der Waals surface area (Å²) < 4.78 is 21.1. The highest BCUT2D eigenvalue weighted by Crippen LogP contribution is 2.32. The van der Waals surface area contributed by atoms with Gasteiger partial charge in [0.1, 0.15) is 11.6 Å². The van der Waals surface area contributed by atoms with Crippen LogP contribution in [0, 0.1) is 0 Å². The molecule has 30 heavy (non-hydrogen) atoms. The Morgan fingerprint density at radius 3 is 2.53 bits per heavy atom. The second-order valence-corrected chi connectivity index (χ2v) is 9.02. The zero-order valence-corrected chi connectivity index (χ0v) is 19.2. The summed E-state index contributed by atoms with van der Waals surface area (Å²) in [5, 5.41) is 0. The van der Waals surface area contributed by atoms with Crippen LogP contribution in [-0.4, -0.2) is 63.6 Å². The molecule has 1 atom stereocenters. The third-order valence-corrected chi connectivity index (χ3v) is 6.85. The van der Waals surface area contributed by atoms with Gasteiger partial charge in [0.15, 0.2) is 4.90 Å². The topological polar surface area (TPSA) is 84.5 Å². The quantitative estimate of drug-likeness (QED) is 0.646. The minimum atomic E-state index is -1.27. The molecule has 0 saturated carbocycles. The van der Waals surface area contributed by atoms with Crippen LogP contribution in [-0.2, 0) is 24.2 Å². The highest BCUT2D eigenvalue weighted by molar-refractivity contribution is 7.89. The normalized spacial score (nSPS) is 16.6. The minimum absolute atomic E-state index is 0.119. The molecule has 1 N–H and O–H groups in total. The Hall–Kier alpha value is -1.87. The number of aryl methyl sites for hydroxylation is 1. The van der Waals surface area contributed by atoms with Crippen molar-refractivity contribution in [3.8, 4) is 17.1 Å². The molecular formula is C22H32N4O3S. The molecule has 1 aromatic carbocycles. The van der Waals surface area contributed by atoms with Crippen LogP contribution < -0.4 is 10.3 Å². The zero-order chi connectivity index (χ0) is 21.7. The lowest BCUT2D eigenvalue weighted by Crippen LogP contribution is -2.47. The fraction of sp³-hybridized carbons (Fsp3) is 0.545. The fourth-order valence-corrected chi connectivity index (χ4v) is 4.77.